The third-order valence-corrected chi connectivity index (χ3v) is 3.52. The van der Waals surface area contributed by atoms with Crippen LogP contribution in [-0.2, 0) is 6.61 Å². The number of carbonyl (C=O) groups is 1. The van der Waals surface area contributed by atoms with Gasteiger partial charge in [-0.15, -0.1) is 16.2 Å². The summed E-state index contributed by atoms with van der Waals surface area (Å²) in [5, 5.41) is 4.41. The highest BCUT2D eigenvalue weighted by Gasteiger charge is 2.11. The molecule has 1 heterocycles. The summed E-state index contributed by atoms with van der Waals surface area (Å²) >= 11 is 4.60. The van der Waals surface area contributed by atoms with E-state index in [9.17, 15) is 9.70 Å². The summed E-state index contributed by atoms with van der Waals surface area (Å²) in [6.45, 7) is 0.236. The smallest absolute Gasteiger partial charge is 0.335 e. The predicted molar refractivity (Wildman–Crippen MR) is 70.7 cm³/mol. The van der Waals surface area contributed by atoms with Crippen LogP contribution in [0.4, 0.5) is 0 Å². The quantitative estimate of drug-likeness (QED) is 0.807. The van der Waals surface area contributed by atoms with E-state index in [0.717, 1.165) is 4.47 Å². The molecule has 2 aromatic rings. The van der Waals surface area contributed by atoms with Crippen molar-refractivity contribution in [1.82, 2.24) is 4.98 Å². The lowest BCUT2D eigenvalue weighted by atomic mass is 10.3. The van der Waals surface area contributed by atoms with Gasteiger partial charge in [0, 0.05) is 10.6 Å². The lowest BCUT2D eigenvalue weighted by Gasteiger charge is -2.05. The molecule has 0 atom stereocenters. The largest absolute Gasteiger partial charge is 0.485 e. The van der Waals surface area contributed by atoms with Crippen LogP contribution in [-0.4, -0.2) is 10.9 Å². The van der Waals surface area contributed by atoms with E-state index in [1.54, 1.807) is 0 Å². The summed E-state index contributed by atoms with van der Waals surface area (Å²) in [7, 11) is 0. The summed E-state index contributed by atoms with van der Waals surface area (Å²) in [4.78, 5) is 25.0. The summed E-state index contributed by atoms with van der Waals surface area (Å²) < 4.78 is 6.37. The fourth-order valence-corrected chi connectivity index (χ4v) is 2.30. The van der Waals surface area contributed by atoms with Crippen molar-refractivity contribution in [3.05, 3.63) is 49.7 Å². The van der Waals surface area contributed by atoms with Gasteiger partial charge in [0.15, 0.2) is 0 Å². The maximum atomic E-state index is 11.0. The number of hydrogen-bond acceptors (Lipinski definition) is 5. The van der Waals surface area contributed by atoms with E-state index in [4.69, 9.17) is 4.74 Å². The molecule has 0 unspecified atom stereocenters. The molecular weight excluding hydrogens is 320 g/mol. The second kappa shape index (κ2) is 5.83. The van der Waals surface area contributed by atoms with Gasteiger partial charge in [-0.05, 0) is 28.1 Å². The Bertz CT molecular complexity index is 585. The van der Waals surface area contributed by atoms with Crippen molar-refractivity contribution in [1.29, 1.82) is 0 Å². The lowest BCUT2D eigenvalue weighted by Crippen LogP contribution is -1.98. The van der Waals surface area contributed by atoms with Crippen LogP contribution in [0.15, 0.2) is 39.3 Å². The number of halogens is 1. The van der Waals surface area contributed by atoms with Crippen molar-refractivity contribution in [3.63, 3.8) is 0 Å². The van der Waals surface area contributed by atoms with Crippen LogP contribution in [0, 0.1) is 4.91 Å². The summed E-state index contributed by atoms with van der Waals surface area (Å²) in [5.74, 6) is -0.174. The first-order valence-corrected chi connectivity index (χ1v) is 6.57. The topological polar surface area (TPSA) is 68.6 Å². The molecule has 0 spiro atoms. The van der Waals surface area contributed by atoms with Gasteiger partial charge in [-0.3, -0.25) is 4.79 Å². The van der Waals surface area contributed by atoms with Crippen molar-refractivity contribution in [3.8, 4) is 5.75 Å². The molecule has 0 radical (unpaired) electrons. The van der Waals surface area contributed by atoms with Gasteiger partial charge < -0.3 is 4.74 Å². The average molecular weight is 327 g/mol. The van der Waals surface area contributed by atoms with Gasteiger partial charge in [0.25, 0.3) is 0 Å². The van der Waals surface area contributed by atoms with Crippen LogP contribution in [0.1, 0.15) is 15.5 Å². The van der Waals surface area contributed by atoms with Crippen LogP contribution in [0.25, 0.3) is 0 Å². The molecule has 0 aliphatic carbocycles. The number of thiazole rings is 1. The first-order valence-electron chi connectivity index (χ1n) is 4.90. The molecule has 0 bridgehead atoms. The van der Waals surface area contributed by atoms with Crippen molar-refractivity contribution in [2.24, 2.45) is 5.18 Å². The van der Waals surface area contributed by atoms with Crippen LogP contribution in [0.5, 0.6) is 5.75 Å². The highest BCUT2D eigenvalue weighted by Crippen LogP contribution is 2.25. The Balaban J connectivity index is 2.03. The Morgan fingerprint density at radius 3 is 2.94 bits per heavy atom. The Hall–Kier alpha value is -1.60. The van der Waals surface area contributed by atoms with Crippen LogP contribution in [0.2, 0.25) is 0 Å². The molecule has 7 heteroatoms. The molecule has 0 saturated carbocycles. The summed E-state index contributed by atoms with van der Waals surface area (Å²) in [6, 6.07) is 7.42. The molecule has 1 aromatic carbocycles. The number of carbonyl (C=O) groups excluding carboxylic acids is 1. The zero-order valence-electron chi connectivity index (χ0n) is 9.00. The minimum absolute atomic E-state index is 0.0562. The maximum absolute atomic E-state index is 11.0. The Labute approximate surface area is 115 Å². The fraction of sp³-hybridized carbons (Fsp3) is 0.0909. The third-order valence-electron chi connectivity index (χ3n) is 2.04. The number of benzene rings is 1. The van der Waals surface area contributed by atoms with Gasteiger partial charge >= 0.3 is 5.91 Å². The SMILES string of the molecule is O=NC(=O)c1csc(COc2ccccc2Br)n1. The highest BCUT2D eigenvalue weighted by molar-refractivity contribution is 9.10. The number of nitrogens with zero attached hydrogens (tertiary/aromatic N) is 2. The van der Waals surface area contributed by atoms with Gasteiger partial charge in [-0.2, -0.15) is 0 Å². The lowest BCUT2D eigenvalue weighted by molar-refractivity contribution is 0.0996. The van der Waals surface area contributed by atoms with E-state index < -0.39 is 5.91 Å². The Morgan fingerprint density at radius 1 is 1.44 bits per heavy atom. The predicted octanol–water partition coefficient (Wildman–Crippen LogP) is 3.39. The molecule has 5 nitrogen and oxygen atoms in total. The standard InChI is InChI=1S/C11H7BrN2O3S/c12-7-3-1-2-4-9(7)17-5-10-13-8(6-18-10)11(15)14-16/h1-4,6H,5H2. The summed E-state index contributed by atoms with van der Waals surface area (Å²) in [5.41, 5.74) is 0.0562. The van der Waals surface area contributed by atoms with Gasteiger partial charge in [-0.25, -0.2) is 4.98 Å². The molecule has 0 N–H and O–H groups in total. The molecule has 18 heavy (non-hydrogen) atoms. The van der Waals surface area contributed by atoms with Crippen LogP contribution >= 0.6 is 27.3 Å². The van der Waals surface area contributed by atoms with E-state index in [0.29, 0.717) is 10.8 Å². The Kier molecular flexibility index (Phi) is 4.16. The number of para-hydroxylation sites is 1. The molecule has 0 fully saturated rings. The van der Waals surface area contributed by atoms with Crippen molar-refractivity contribution in [2.45, 2.75) is 6.61 Å². The first kappa shape index (κ1) is 12.8. The first-order chi connectivity index (χ1) is 8.70. The molecule has 0 saturated heterocycles. The molecule has 1 amide bonds. The second-order valence-electron chi connectivity index (χ2n) is 3.24. The van der Waals surface area contributed by atoms with Gasteiger partial charge in [0.05, 0.1) is 4.47 Å². The van der Waals surface area contributed by atoms with E-state index in [1.165, 1.54) is 16.7 Å². The monoisotopic (exact) mass is 326 g/mol. The molecule has 0 aliphatic heterocycles. The van der Waals surface area contributed by atoms with Gasteiger partial charge in [0.1, 0.15) is 23.1 Å². The molecular formula is C11H7BrN2O3S. The normalized spacial score (nSPS) is 10.1. The second-order valence-corrected chi connectivity index (χ2v) is 5.04. The highest BCUT2D eigenvalue weighted by atomic mass is 79.9. The van der Waals surface area contributed by atoms with Gasteiger partial charge in [-0.1, -0.05) is 12.1 Å². The molecule has 2 rings (SSSR count). The van der Waals surface area contributed by atoms with Crippen LogP contribution < -0.4 is 4.74 Å². The number of hydrogen-bond donors (Lipinski definition) is 0. The number of nitroso groups, excluding NO2 is 1. The maximum Gasteiger partial charge on any atom is 0.335 e. The zero-order chi connectivity index (χ0) is 13.0. The molecule has 92 valence electrons. The third kappa shape index (κ3) is 2.99. The number of rotatable bonds is 4. The minimum atomic E-state index is -0.863. The molecule has 1 aromatic heterocycles. The Morgan fingerprint density at radius 2 is 2.22 bits per heavy atom. The van der Waals surface area contributed by atoms with Gasteiger partial charge in [0.2, 0.25) is 0 Å². The van der Waals surface area contributed by atoms with E-state index in [-0.39, 0.29) is 12.3 Å². The number of ether oxygens (including phenoxy) is 1. The van der Waals surface area contributed by atoms with Crippen molar-refractivity contribution >= 4 is 33.2 Å². The minimum Gasteiger partial charge on any atom is -0.485 e. The number of amides is 1. The number of aromatic nitrogens is 1. The average Bonchev–Trinajstić information content (AvgIpc) is 2.86. The van der Waals surface area contributed by atoms with E-state index >= 15 is 0 Å². The van der Waals surface area contributed by atoms with Crippen LogP contribution in [0.3, 0.4) is 0 Å². The fourth-order valence-electron chi connectivity index (χ4n) is 1.22. The van der Waals surface area contributed by atoms with E-state index in [2.05, 4.69) is 26.1 Å². The van der Waals surface area contributed by atoms with Crippen molar-refractivity contribution in [2.75, 3.05) is 0 Å². The molecule has 0 aliphatic rings. The summed E-state index contributed by atoms with van der Waals surface area (Å²) in [6.07, 6.45) is 0. The van der Waals surface area contributed by atoms with E-state index in [1.807, 2.05) is 24.3 Å². The zero-order valence-corrected chi connectivity index (χ0v) is 11.4. The van der Waals surface area contributed by atoms with Crippen molar-refractivity contribution < 1.29 is 9.53 Å².